The van der Waals surface area contributed by atoms with E-state index in [1.54, 1.807) is 11.3 Å². The third kappa shape index (κ3) is 4.54. The van der Waals surface area contributed by atoms with Crippen molar-refractivity contribution >= 4 is 38.7 Å². The molecule has 1 unspecified atom stereocenters. The summed E-state index contributed by atoms with van der Waals surface area (Å²) in [5, 5.41) is 3.68. The van der Waals surface area contributed by atoms with Crippen molar-refractivity contribution in [3.63, 3.8) is 0 Å². The molecule has 1 atom stereocenters. The molecular formula is C22H24N4O3S. The number of para-hydroxylation sites is 1. The number of methoxy groups -OCH3 is 1. The second-order valence-corrected chi connectivity index (χ2v) is 8.16. The van der Waals surface area contributed by atoms with Gasteiger partial charge in [-0.25, -0.2) is 9.78 Å². The van der Waals surface area contributed by atoms with Gasteiger partial charge in [-0.1, -0.05) is 53.8 Å². The Labute approximate surface area is 179 Å². The summed E-state index contributed by atoms with van der Waals surface area (Å²) in [6.45, 7) is 2.59. The van der Waals surface area contributed by atoms with Crippen LogP contribution >= 0.6 is 11.3 Å². The summed E-state index contributed by atoms with van der Waals surface area (Å²) >= 11 is 1.67. The number of thiazole rings is 1. The minimum Gasteiger partial charge on any atom is -0.453 e. The number of alkyl carbamates (subject to hydrolysis) is 1. The zero-order valence-corrected chi connectivity index (χ0v) is 17.6. The summed E-state index contributed by atoms with van der Waals surface area (Å²) in [4.78, 5) is 33.7. The van der Waals surface area contributed by atoms with Crippen LogP contribution in [0.2, 0.25) is 0 Å². The molecule has 1 aromatic heterocycles. The van der Waals surface area contributed by atoms with Crippen LogP contribution in [0.1, 0.15) is 5.56 Å². The number of carbonyl (C=O) groups excluding carboxylic acids is 2. The van der Waals surface area contributed by atoms with Gasteiger partial charge in [0.05, 0.1) is 17.3 Å². The molecule has 1 aliphatic rings. The molecule has 0 radical (unpaired) electrons. The van der Waals surface area contributed by atoms with Crippen LogP contribution in [0.3, 0.4) is 0 Å². The summed E-state index contributed by atoms with van der Waals surface area (Å²) in [7, 11) is 1.30. The molecule has 8 heteroatoms. The Morgan fingerprint density at radius 2 is 1.77 bits per heavy atom. The number of fused-ring (bicyclic) bond motifs is 1. The van der Waals surface area contributed by atoms with Gasteiger partial charge >= 0.3 is 6.09 Å². The standard InChI is InChI=1S/C22H24N4O3S/c1-29-22(28)24-18(15-16-7-3-2-4-8-16)20(27)25-11-13-26(14-12-25)21-23-17-9-5-6-10-19(17)30-21/h2-10,18H,11-15H2,1H3,(H,24,28). The van der Waals surface area contributed by atoms with E-state index in [0.29, 0.717) is 32.6 Å². The molecule has 1 N–H and O–H groups in total. The van der Waals surface area contributed by atoms with Crippen molar-refractivity contribution < 1.29 is 14.3 Å². The Balaban J connectivity index is 1.42. The monoisotopic (exact) mass is 424 g/mol. The molecule has 0 bridgehead atoms. The summed E-state index contributed by atoms with van der Waals surface area (Å²) in [5.41, 5.74) is 1.99. The molecule has 1 aliphatic heterocycles. The number of hydrogen-bond acceptors (Lipinski definition) is 6. The summed E-state index contributed by atoms with van der Waals surface area (Å²) in [5.74, 6) is -0.0896. The fourth-order valence-corrected chi connectivity index (χ4v) is 4.60. The molecule has 2 heterocycles. The average molecular weight is 425 g/mol. The Bertz CT molecular complexity index is 982. The number of nitrogens with one attached hydrogen (secondary N) is 1. The number of anilines is 1. The largest absolute Gasteiger partial charge is 0.453 e. The van der Waals surface area contributed by atoms with Gasteiger partial charge in [-0.3, -0.25) is 4.79 Å². The maximum Gasteiger partial charge on any atom is 0.407 e. The lowest BCUT2D eigenvalue weighted by atomic mass is 10.0. The lowest BCUT2D eigenvalue weighted by Crippen LogP contribution is -2.55. The van der Waals surface area contributed by atoms with Crippen molar-refractivity contribution in [3.8, 4) is 0 Å². The second-order valence-electron chi connectivity index (χ2n) is 7.15. The molecule has 30 heavy (non-hydrogen) atoms. The van der Waals surface area contributed by atoms with E-state index in [4.69, 9.17) is 9.72 Å². The second kappa shape index (κ2) is 9.13. The Morgan fingerprint density at radius 1 is 1.07 bits per heavy atom. The van der Waals surface area contributed by atoms with Gasteiger partial charge in [0.25, 0.3) is 0 Å². The van der Waals surface area contributed by atoms with E-state index < -0.39 is 12.1 Å². The minimum atomic E-state index is -0.658. The Morgan fingerprint density at radius 3 is 2.47 bits per heavy atom. The van der Waals surface area contributed by atoms with Crippen molar-refractivity contribution in [3.05, 3.63) is 60.2 Å². The molecule has 3 aromatic rings. The first-order chi connectivity index (χ1) is 14.6. The lowest BCUT2D eigenvalue weighted by molar-refractivity contribution is -0.133. The first-order valence-corrected chi connectivity index (χ1v) is 10.7. The first-order valence-electron chi connectivity index (χ1n) is 9.92. The number of ether oxygens (including phenoxy) is 1. The molecule has 7 nitrogen and oxygen atoms in total. The number of amides is 2. The molecule has 156 valence electrons. The SMILES string of the molecule is COC(=O)NC(Cc1ccccc1)C(=O)N1CCN(c2nc3ccccc3s2)CC1. The molecular weight excluding hydrogens is 400 g/mol. The van der Waals surface area contributed by atoms with Crippen LogP contribution in [0.15, 0.2) is 54.6 Å². The van der Waals surface area contributed by atoms with Crippen molar-refractivity contribution in [2.75, 3.05) is 38.2 Å². The molecule has 2 aromatic carbocycles. The van der Waals surface area contributed by atoms with Gasteiger partial charge in [0.15, 0.2) is 5.13 Å². The topological polar surface area (TPSA) is 74.8 Å². The maximum atomic E-state index is 13.2. The summed E-state index contributed by atoms with van der Waals surface area (Å²) < 4.78 is 5.89. The fraction of sp³-hybridized carbons (Fsp3) is 0.318. The minimum absolute atomic E-state index is 0.0896. The number of nitrogens with zero attached hydrogens (tertiary/aromatic N) is 3. The van der Waals surface area contributed by atoms with Crippen molar-refractivity contribution in [2.45, 2.75) is 12.5 Å². The molecule has 2 amide bonds. The average Bonchev–Trinajstić information content (AvgIpc) is 3.23. The Kier molecular flexibility index (Phi) is 6.13. The third-order valence-corrected chi connectivity index (χ3v) is 6.30. The van der Waals surface area contributed by atoms with Crippen LogP contribution in [0, 0.1) is 0 Å². The van der Waals surface area contributed by atoms with Crippen LogP contribution in [-0.2, 0) is 16.0 Å². The van der Waals surface area contributed by atoms with E-state index in [2.05, 4.69) is 16.3 Å². The van der Waals surface area contributed by atoms with Gasteiger partial charge in [-0.2, -0.15) is 0 Å². The lowest BCUT2D eigenvalue weighted by Gasteiger charge is -2.36. The quantitative estimate of drug-likeness (QED) is 0.682. The number of carbonyl (C=O) groups is 2. The zero-order chi connectivity index (χ0) is 20.9. The number of piperazine rings is 1. The number of rotatable bonds is 5. The van der Waals surface area contributed by atoms with E-state index in [1.165, 1.54) is 7.11 Å². The molecule has 1 saturated heterocycles. The normalized spacial score (nSPS) is 15.1. The van der Waals surface area contributed by atoms with Gasteiger partial charge in [-0.15, -0.1) is 0 Å². The first kappa shape index (κ1) is 20.2. The van der Waals surface area contributed by atoms with Crippen molar-refractivity contribution in [1.82, 2.24) is 15.2 Å². The van der Waals surface area contributed by atoms with Gasteiger partial charge in [-0.05, 0) is 17.7 Å². The van der Waals surface area contributed by atoms with Crippen LogP contribution in [0.5, 0.6) is 0 Å². The molecule has 0 aliphatic carbocycles. The molecule has 1 fully saturated rings. The van der Waals surface area contributed by atoms with Crippen LogP contribution in [-0.4, -0.2) is 61.2 Å². The van der Waals surface area contributed by atoms with Crippen LogP contribution in [0.25, 0.3) is 10.2 Å². The number of hydrogen-bond donors (Lipinski definition) is 1. The highest BCUT2D eigenvalue weighted by Gasteiger charge is 2.29. The summed E-state index contributed by atoms with van der Waals surface area (Å²) in [6.07, 6.45) is -0.176. The molecule has 0 spiro atoms. The maximum absolute atomic E-state index is 13.2. The van der Waals surface area contributed by atoms with E-state index in [9.17, 15) is 9.59 Å². The molecule has 4 rings (SSSR count). The van der Waals surface area contributed by atoms with Crippen LogP contribution < -0.4 is 10.2 Å². The predicted molar refractivity (Wildman–Crippen MR) is 118 cm³/mol. The van der Waals surface area contributed by atoms with Gasteiger partial charge in [0, 0.05) is 32.6 Å². The zero-order valence-electron chi connectivity index (χ0n) is 16.8. The van der Waals surface area contributed by atoms with Crippen molar-refractivity contribution in [2.24, 2.45) is 0 Å². The molecule has 0 saturated carbocycles. The smallest absolute Gasteiger partial charge is 0.407 e. The van der Waals surface area contributed by atoms with Crippen LogP contribution in [0.4, 0.5) is 9.93 Å². The van der Waals surface area contributed by atoms with Gasteiger partial charge in [0.2, 0.25) is 5.91 Å². The van der Waals surface area contributed by atoms with Gasteiger partial charge < -0.3 is 19.9 Å². The number of aromatic nitrogens is 1. The van der Waals surface area contributed by atoms with E-state index >= 15 is 0 Å². The Hall–Kier alpha value is -3.13. The third-order valence-electron chi connectivity index (χ3n) is 5.20. The van der Waals surface area contributed by atoms with Crippen molar-refractivity contribution in [1.29, 1.82) is 0 Å². The van der Waals surface area contributed by atoms with E-state index in [-0.39, 0.29) is 5.91 Å². The highest BCUT2D eigenvalue weighted by molar-refractivity contribution is 7.22. The fourth-order valence-electron chi connectivity index (χ4n) is 3.58. The van der Waals surface area contributed by atoms with E-state index in [1.807, 2.05) is 53.4 Å². The number of benzene rings is 2. The van der Waals surface area contributed by atoms with Gasteiger partial charge in [0.1, 0.15) is 6.04 Å². The predicted octanol–water partition coefficient (Wildman–Crippen LogP) is 2.91. The highest BCUT2D eigenvalue weighted by Crippen LogP contribution is 2.29. The van der Waals surface area contributed by atoms with E-state index in [0.717, 1.165) is 20.9 Å². The highest BCUT2D eigenvalue weighted by atomic mass is 32.1. The summed E-state index contributed by atoms with van der Waals surface area (Å²) in [6, 6.07) is 17.1.